The molecule has 0 spiro atoms. The highest BCUT2D eigenvalue weighted by molar-refractivity contribution is 5.45. The minimum Gasteiger partial charge on any atom is -0.492 e. The number of halogens is 1. The summed E-state index contributed by atoms with van der Waals surface area (Å²) in [6.07, 6.45) is 7.70. The molecule has 1 fully saturated rings. The van der Waals surface area contributed by atoms with Gasteiger partial charge in [0, 0.05) is 0 Å². The Morgan fingerprint density at radius 3 is 2.93 bits per heavy atom. The van der Waals surface area contributed by atoms with Crippen LogP contribution in [-0.4, -0.2) is 6.61 Å². The van der Waals surface area contributed by atoms with Gasteiger partial charge in [0.2, 0.25) is 0 Å². The van der Waals surface area contributed by atoms with Crippen LogP contribution in [0.4, 0.5) is 4.39 Å². The zero-order valence-electron chi connectivity index (χ0n) is 7.79. The maximum Gasteiger partial charge on any atom is 0.135 e. The fourth-order valence-electron chi connectivity index (χ4n) is 1.23. The molecule has 14 heavy (non-hydrogen) atoms. The largest absolute Gasteiger partial charge is 0.492 e. The first-order chi connectivity index (χ1) is 6.79. The number of benzene rings is 1. The van der Waals surface area contributed by atoms with Crippen LogP contribution in [0.15, 0.2) is 18.2 Å². The summed E-state index contributed by atoms with van der Waals surface area (Å²) in [6, 6.07) is 4.28. The van der Waals surface area contributed by atoms with E-state index in [0.717, 1.165) is 0 Å². The van der Waals surface area contributed by atoms with Gasteiger partial charge in [-0.3, -0.25) is 0 Å². The standard InChI is InChI=1S/C12H11FO/c1-2-10-7-11(13)5-6-12(10)14-8-9-3-4-9/h1,5-7,9H,3-4,8H2. The van der Waals surface area contributed by atoms with Crippen LogP contribution in [0, 0.1) is 24.1 Å². The van der Waals surface area contributed by atoms with E-state index in [4.69, 9.17) is 11.2 Å². The molecule has 1 nitrogen and oxygen atoms in total. The van der Waals surface area contributed by atoms with Gasteiger partial charge in [-0.2, -0.15) is 0 Å². The zero-order chi connectivity index (χ0) is 9.97. The Hall–Kier alpha value is -1.49. The van der Waals surface area contributed by atoms with Crippen LogP contribution < -0.4 is 4.74 Å². The summed E-state index contributed by atoms with van der Waals surface area (Å²) < 4.78 is 18.3. The van der Waals surface area contributed by atoms with Crippen molar-refractivity contribution in [3.8, 4) is 18.1 Å². The molecule has 0 amide bonds. The molecule has 1 aromatic carbocycles. The van der Waals surface area contributed by atoms with E-state index < -0.39 is 0 Å². The van der Waals surface area contributed by atoms with Crippen molar-refractivity contribution in [3.05, 3.63) is 29.6 Å². The van der Waals surface area contributed by atoms with Gasteiger partial charge in [0.15, 0.2) is 0 Å². The Kier molecular flexibility index (Phi) is 2.41. The van der Waals surface area contributed by atoms with Gasteiger partial charge in [0.05, 0.1) is 12.2 Å². The lowest BCUT2D eigenvalue weighted by Crippen LogP contribution is -2.00. The molecular weight excluding hydrogens is 179 g/mol. The second-order valence-electron chi connectivity index (χ2n) is 3.54. The van der Waals surface area contributed by atoms with Crippen molar-refractivity contribution in [1.82, 2.24) is 0 Å². The topological polar surface area (TPSA) is 9.23 Å². The molecule has 1 aliphatic rings. The molecule has 0 aliphatic heterocycles. The summed E-state index contributed by atoms with van der Waals surface area (Å²) in [4.78, 5) is 0. The maximum atomic E-state index is 12.8. The van der Waals surface area contributed by atoms with E-state index in [1.165, 1.54) is 25.0 Å². The van der Waals surface area contributed by atoms with Gasteiger partial charge in [-0.1, -0.05) is 5.92 Å². The molecule has 1 saturated carbocycles. The molecule has 0 aromatic heterocycles. The number of hydrogen-bond acceptors (Lipinski definition) is 1. The highest BCUT2D eigenvalue weighted by Gasteiger charge is 2.22. The highest BCUT2D eigenvalue weighted by atomic mass is 19.1. The quantitative estimate of drug-likeness (QED) is 0.666. The first-order valence-corrected chi connectivity index (χ1v) is 4.68. The Labute approximate surface area is 82.9 Å². The molecule has 1 aromatic rings. The Bertz CT molecular complexity index is 374. The Balaban J connectivity index is 2.10. The van der Waals surface area contributed by atoms with E-state index in [1.807, 2.05) is 0 Å². The van der Waals surface area contributed by atoms with E-state index in [2.05, 4.69) is 5.92 Å². The number of hydrogen-bond donors (Lipinski definition) is 0. The molecule has 0 N–H and O–H groups in total. The van der Waals surface area contributed by atoms with E-state index in [-0.39, 0.29) is 5.82 Å². The van der Waals surface area contributed by atoms with Crippen molar-refractivity contribution in [2.24, 2.45) is 5.92 Å². The summed E-state index contributed by atoms with van der Waals surface area (Å²) in [7, 11) is 0. The fraction of sp³-hybridized carbons (Fsp3) is 0.333. The summed E-state index contributed by atoms with van der Waals surface area (Å²) in [5.74, 6) is 3.38. The molecule has 1 aliphatic carbocycles. The molecule has 72 valence electrons. The summed E-state index contributed by atoms with van der Waals surface area (Å²) >= 11 is 0. The third-order valence-corrected chi connectivity index (χ3v) is 2.27. The van der Waals surface area contributed by atoms with Gasteiger partial charge < -0.3 is 4.74 Å². The van der Waals surface area contributed by atoms with Crippen molar-refractivity contribution in [2.75, 3.05) is 6.61 Å². The third-order valence-electron chi connectivity index (χ3n) is 2.27. The predicted molar refractivity (Wildman–Crippen MR) is 52.6 cm³/mol. The monoisotopic (exact) mass is 190 g/mol. The predicted octanol–water partition coefficient (Wildman–Crippen LogP) is 2.60. The van der Waals surface area contributed by atoms with Crippen LogP contribution in [0.25, 0.3) is 0 Å². The SMILES string of the molecule is C#Cc1cc(F)ccc1OCC1CC1. The summed E-state index contributed by atoms with van der Waals surface area (Å²) in [6.45, 7) is 0.695. The van der Waals surface area contributed by atoms with Gasteiger partial charge in [0.1, 0.15) is 11.6 Å². The van der Waals surface area contributed by atoms with Crippen molar-refractivity contribution in [1.29, 1.82) is 0 Å². The van der Waals surface area contributed by atoms with Gasteiger partial charge in [-0.15, -0.1) is 6.42 Å². The van der Waals surface area contributed by atoms with Crippen LogP contribution in [0.1, 0.15) is 18.4 Å². The minimum absolute atomic E-state index is 0.322. The first-order valence-electron chi connectivity index (χ1n) is 4.68. The fourth-order valence-corrected chi connectivity index (χ4v) is 1.23. The summed E-state index contributed by atoms with van der Waals surface area (Å²) in [5, 5.41) is 0. The third kappa shape index (κ3) is 2.05. The van der Waals surface area contributed by atoms with Crippen LogP contribution in [-0.2, 0) is 0 Å². The lowest BCUT2D eigenvalue weighted by molar-refractivity contribution is 0.298. The molecule has 0 unspecified atom stereocenters. The number of ether oxygens (including phenoxy) is 1. The zero-order valence-corrected chi connectivity index (χ0v) is 7.79. The Morgan fingerprint density at radius 2 is 2.29 bits per heavy atom. The Morgan fingerprint density at radius 1 is 1.50 bits per heavy atom. The van der Waals surface area contributed by atoms with E-state index in [1.54, 1.807) is 6.07 Å². The lowest BCUT2D eigenvalue weighted by Gasteiger charge is -2.07. The second kappa shape index (κ2) is 3.71. The van der Waals surface area contributed by atoms with Crippen molar-refractivity contribution in [3.63, 3.8) is 0 Å². The summed E-state index contributed by atoms with van der Waals surface area (Å²) in [5.41, 5.74) is 0.491. The smallest absolute Gasteiger partial charge is 0.135 e. The van der Waals surface area contributed by atoms with Crippen molar-refractivity contribution in [2.45, 2.75) is 12.8 Å². The normalized spacial score (nSPS) is 14.9. The molecule has 0 radical (unpaired) electrons. The molecular formula is C12H11FO. The average Bonchev–Trinajstić information content (AvgIpc) is 2.99. The van der Waals surface area contributed by atoms with Gasteiger partial charge in [0.25, 0.3) is 0 Å². The molecule has 0 saturated heterocycles. The molecule has 0 atom stereocenters. The van der Waals surface area contributed by atoms with Gasteiger partial charge >= 0.3 is 0 Å². The van der Waals surface area contributed by atoms with Gasteiger partial charge in [-0.05, 0) is 37.0 Å². The van der Waals surface area contributed by atoms with Crippen LogP contribution >= 0.6 is 0 Å². The minimum atomic E-state index is -0.322. The van der Waals surface area contributed by atoms with E-state index in [0.29, 0.717) is 23.8 Å². The number of rotatable bonds is 3. The lowest BCUT2D eigenvalue weighted by atomic mass is 10.2. The molecule has 2 heteroatoms. The van der Waals surface area contributed by atoms with Crippen molar-refractivity contribution < 1.29 is 9.13 Å². The first kappa shape index (κ1) is 9.08. The van der Waals surface area contributed by atoms with Crippen molar-refractivity contribution >= 4 is 0 Å². The average molecular weight is 190 g/mol. The van der Waals surface area contributed by atoms with Gasteiger partial charge in [-0.25, -0.2) is 4.39 Å². The van der Waals surface area contributed by atoms with E-state index in [9.17, 15) is 4.39 Å². The van der Waals surface area contributed by atoms with Crippen LogP contribution in [0.2, 0.25) is 0 Å². The molecule has 0 bridgehead atoms. The number of terminal acetylenes is 1. The second-order valence-corrected chi connectivity index (χ2v) is 3.54. The highest BCUT2D eigenvalue weighted by Crippen LogP contribution is 2.30. The molecule has 2 rings (SSSR count). The van der Waals surface area contributed by atoms with Crippen LogP contribution in [0.3, 0.4) is 0 Å². The van der Waals surface area contributed by atoms with Crippen LogP contribution in [0.5, 0.6) is 5.75 Å². The molecule has 0 heterocycles. The van der Waals surface area contributed by atoms with E-state index >= 15 is 0 Å². The maximum absolute atomic E-state index is 12.8.